The van der Waals surface area contributed by atoms with E-state index in [4.69, 9.17) is 9.47 Å². The Kier molecular flexibility index (Phi) is 3.16. The molecule has 0 radical (unpaired) electrons. The van der Waals surface area contributed by atoms with Crippen LogP contribution in [0, 0.1) is 0 Å². The largest absolute Gasteiger partial charge is 0.418 e. The lowest BCUT2D eigenvalue weighted by Gasteiger charge is -2.20. The van der Waals surface area contributed by atoms with Gasteiger partial charge < -0.3 is 9.47 Å². The summed E-state index contributed by atoms with van der Waals surface area (Å²) < 4.78 is 47.8. The van der Waals surface area contributed by atoms with E-state index in [9.17, 15) is 13.2 Å². The van der Waals surface area contributed by atoms with Gasteiger partial charge in [-0.1, -0.05) is 30.3 Å². The predicted octanol–water partition coefficient (Wildman–Crippen LogP) is 2.71. The highest BCUT2D eigenvalue weighted by Gasteiger charge is 2.42. The Morgan fingerprint density at radius 1 is 1.31 bits per heavy atom. The van der Waals surface area contributed by atoms with E-state index >= 15 is 0 Å². The molecule has 2 nitrogen and oxygen atoms in total. The second kappa shape index (κ2) is 4.43. The molecule has 0 N–H and O–H groups in total. The number of hydrogen-bond donors (Lipinski definition) is 0. The van der Waals surface area contributed by atoms with Crippen molar-refractivity contribution >= 4 is 0 Å². The number of benzene rings is 1. The maximum atomic E-state index is 12.7. The fourth-order valence-electron chi connectivity index (χ4n) is 1.38. The molecule has 1 aromatic rings. The third-order valence-corrected chi connectivity index (χ3v) is 2.25. The van der Waals surface area contributed by atoms with Crippen LogP contribution in [-0.4, -0.2) is 25.5 Å². The SMILES string of the molecule is FC(F)(F)[C@H](OC[C@H]1CO1)c1ccccc1. The first-order valence-electron chi connectivity index (χ1n) is 4.92. The maximum Gasteiger partial charge on any atom is 0.418 e. The molecule has 1 aromatic carbocycles. The molecule has 0 spiro atoms. The minimum Gasteiger partial charge on any atom is -0.371 e. The summed E-state index contributed by atoms with van der Waals surface area (Å²) in [6.07, 6.45) is -6.43. The van der Waals surface area contributed by atoms with Crippen LogP contribution in [0.15, 0.2) is 30.3 Å². The predicted molar refractivity (Wildman–Crippen MR) is 50.9 cm³/mol. The van der Waals surface area contributed by atoms with Crippen LogP contribution in [0.2, 0.25) is 0 Å². The molecule has 1 fully saturated rings. The van der Waals surface area contributed by atoms with Gasteiger partial charge in [-0.3, -0.25) is 0 Å². The second-order valence-electron chi connectivity index (χ2n) is 3.62. The summed E-state index contributed by atoms with van der Waals surface area (Å²) in [5.41, 5.74) is 0.121. The lowest BCUT2D eigenvalue weighted by Crippen LogP contribution is -2.25. The zero-order valence-electron chi connectivity index (χ0n) is 8.41. The van der Waals surface area contributed by atoms with Crippen molar-refractivity contribution in [3.63, 3.8) is 0 Å². The highest BCUT2D eigenvalue weighted by Crippen LogP contribution is 2.36. The summed E-state index contributed by atoms with van der Waals surface area (Å²) in [5, 5.41) is 0. The van der Waals surface area contributed by atoms with Gasteiger partial charge in [0.25, 0.3) is 0 Å². The van der Waals surface area contributed by atoms with E-state index in [1.54, 1.807) is 18.2 Å². The molecule has 2 atom stereocenters. The molecule has 0 unspecified atom stereocenters. The monoisotopic (exact) mass is 232 g/mol. The van der Waals surface area contributed by atoms with E-state index in [2.05, 4.69) is 0 Å². The number of hydrogen-bond acceptors (Lipinski definition) is 2. The van der Waals surface area contributed by atoms with E-state index in [-0.39, 0.29) is 18.3 Å². The summed E-state index contributed by atoms with van der Waals surface area (Å²) in [5.74, 6) is 0. The number of alkyl halides is 3. The second-order valence-corrected chi connectivity index (χ2v) is 3.62. The first-order chi connectivity index (χ1) is 7.57. The van der Waals surface area contributed by atoms with Gasteiger partial charge in [-0.25, -0.2) is 0 Å². The van der Waals surface area contributed by atoms with Crippen molar-refractivity contribution in [3.8, 4) is 0 Å². The van der Waals surface area contributed by atoms with Gasteiger partial charge in [-0.05, 0) is 5.56 Å². The summed E-state index contributed by atoms with van der Waals surface area (Å²) >= 11 is 0. The molecule has 0 amide bonds. The van der Waals surface area contributed by atoms with Crippen LogP contribution >= 0.6 is 0 Å². The molecular formula is C11H11F3O2. The van der Waals surface area contributed by atoms with E-state index in [0.29, 0.717) is 6.61 Å². The molecule has 88 valence electrons. The summed E-state index contributed by atoms with van der Waals surface area (Å²) in [7, 11) is 0. The van der Waals surface area contributed by atoms with Crippen molar-refractivity contribution in [1.82, 2.24) is 0 Å². The van der Waals surface area contributed by atoms with Gasteiger partial charge >= 0.3 is 6.18 Å². The van der Waals surface area contributed by atoms with E-state index in [0.717, 1.165) is 0 Å². The molecule has 2 rings (SSSR count). The van der Waals surface area contributed by atoms with Gasteiger partial charge in [0.2, 0.25) is 0 Å². The smallest absolute Gasteiger partial charge is 0.371 e. The molecule has 0 bridgehead atoms. The number of rotatable bonds is 4. The molecule has 1 aliphatic heterocycles. The zero-order valence-corrected chi connectivity index (χ0v) is 8.41. The highest BCUT2D eigenvalue weighted by atomic mass is 19.4. The summed E-state index contributed by atoms with van der Waals surface area (Å²) in [6, 6.07) is 7.61. The topological polar surface area (TPSA) is 21.8 Å². The fourth-order valence-corrected chi connectivity index (χ4v) is 1.38. The molecule has 1 aliphatic rings. The first kappa shape index (κ1) is 11.4. The van der Waals surface area contributed by atoms with Crippen LogP contribution in [0.1, 0.15) is 11.7 Å². The normalized spacial score (nSPS) is 21.8. The molecule has 0 aliphatic carbocycles. The Morgan fingerprint density at radius 2 is 1.94 bits per heavy atom. The van der Waals surface area contributed by atoms with Gasteiger partial charge in [0.1, 0.15) is 6.10 Å². The number of halogens is 3. The minimum atomic E-state index is -4.39. The maximum absolute atomic E-state index is 12.7. The van der Waals surface area contributed by atoms with E-state index in [1.807, 2.05) is 0 Å². The van der Waals surface area contributed by atoms with Crippen molar-refractivity contribution in [3.05, 3.63) is 35.9 Å². The van der Waals surface area contributed by atoms with Crippen LogP contribution < -0.4 is 0 Å². The van der Waals surface area contributed by atoms with Crippen molar-refractivity contribution in [2.45, 2.75) is 18.4 Å². The molecule has 1 saturated heterocycles. The van der Waals surface area contributed by atoms with Crippen molar-refractivity contribution in [2.75, 3.05) is 13.2 Å². The Hall–Kier alpha value is -1.07. The summed E-state index contributed by atoms with van der Waals surface area (Å²) in [6.45, 7) is 0.471. The lowest BCUT2D eigenvalue weighted by atomic mass is 10.1. The molecule has 16 heavy (non-hydrogen) atoms. The van der Waals surface area contributed by atoms with Crippen LogP contribution in [0.5, 0.6) is 0 Å². The quantitative estimate of drug-likeness (QED) is 0.744. The van der Waals surface area contributed by atoms with Gasteiger partial charge in [-0.15, -0.1) is 0 Å². The molecular weight excluding hydrogens is 221 g/mol. The molecule has 5 heteroatoms. The first-order valence-corrected chi connectivity index (χ1v) is 4.92. The number of epoxide rings is 1. The average molecular weight is 232 g/mol. The van der Waals surface area contributed by atoms with Gasteiger partial charge in [-0.2, -0.15) is 13.2 Å². The fraction of sp³-hybridized carbons (Fsp3) is 0.455. The minimum absolute atomic E-state index is 0.0148. The molecule has 0 saturated carbocycles. The van der Waals surface area contributed by atoms with Gasteiger partial charge in [0, 0.05) is 0 Å². The van der Waals surface area contributed by atoms with Crippen LogP contribution in [0.25, 0.3) is 0 Å². The van der Waals surface area contributed by atoms with Crippen LogP contribution in [-0.2, 0) is 9.47 Å². The third kappa shape index (κ3) is 2.96. The van der Waals surface area contributed by atoms with Crippen molar-refractivity contribution in [1.29, 1.82) is 0 Å². The van der Waals surface area contributed by atoms with Crippen molar-refractivity contribution in [2.24, 2.45) is 0 Å². The standard InChI is InChI=1S/C11H11F3O2/c12-11(13,14)10(16-7-9-6-15-9)8-4-2-1-3-5-8/h1-5,9-10H,6-7H2/t9-,10-/m1/s1. The van der Waals surface area contributed by atoms with Crippen LogP contribution in [0.4, 0.5) is 13.2 Å². The lowest BCUT2D eigenvalue weighted by molar-refractivity contribution is -0.224. The number of ether oxygens (including phenoxy) is 2. The third-order valence-electron chi connectivity index (χ3n) is 2.25. The van der Waals surface area contributed by atoms with E-state index in [1.165, 1.54) is 12.1 Å². The Bertz CT molecular complexity index is 333. The highest BCUT2D eigenvalue weighted by molar-refractivity contribution is 5.18. The Balaban J connectivity index is 2.07. The van der Waals surface area contributed by atoms with Gasteiger partial charge in [0.05, 0.1) is 13.2 Å². The molecule has 1 heterocycles. The molecule has 0 aromatic heterocycles. The van der Waals surface area contributed by atoms with E-state index < -0.39 is 12.3 Å². The van der Waals surface area contributed by atoms with Crippen LogP contribution in [0.3, 0.4) is 0 Å². The zero-order chi connectivity index (χ0) is 11.6. The summed E-state index contributed by atoms with van der Waals surface area (Å²) in [4.78, 5) is 0. The van der Waals surface area contributed by atoms with Crippen molar-refractivity contribution < 1.29 is 22.6 Å². The van der Waals surface area contributed by atoms with Gasteiger partial charge in [0.15, 0.2) is 6.10 Å². The Morgan fingerprint density at radius 3 is 2.44 bits per heavy atom. The average Bonchev–Trinajstić information content (AvgIpc) is 3.01. The Labute approximate surface area is 91.0 Å².